The zero-order valence-electron chi connectivity index (χ0n) is 11.1. The maximum Gasteiger partial charge on any atom is 0.259 e. The molecule has 0 aliphatic heterocycles. The molecule has 3 nitrogen and oxygen atoms in total. The third-order valence-corrected chi connectivity index (χ3v) is 3.04. The summed E-state index contributed by atoms with van der Waals surface area (Å²) in [6.07, 6.45) is 0.844. The highest BCUT2D eigenvalue weighted by atomic mass is 16.3. The Morgan fingerprint density at radius 2 is 1.95 bits per heavy atom. The molecule has 0 spiro atoms. The van der Waals surface area contributed by atoms with Crippen LogP contribution < -0.4 is 5.32 Å². The van der Waals surface area contributed by atoms with Crippen LogP contribution in [0.5, 0.6) is 5.75 Å². The van der Waals surface area contributed by atoms with Crippen LogP contribution in [0, 0.1) is 6.92 Å². The summed E-state index contributed by atoms with van der Waals surface area (Å²) in [6.45, 7) is 3.92. The topological polar surface area (TPSA) is 49.3 Å². The Hall–Kier alpha value is -2.29. The van der Waals surface area contributed by atoms with Crippen molar-refractivity contribution in [2.75, 3.05) is 5.32 Å². The lowest BCUT2D eigenvalue weighted by Crippen LogP contribution is -2.13. The van der Waals surface area contributed by atoms with Gasteiger partial charge < -0.3 is 10.4 Å². The molecule has 1 amide bonds. The largest absolute Gasteiger partial charge is 0.507 e. The van der Waals surface area contributed by atoms with E-state index in [0.717, 1.165) is 23.2 Å². The van der Waals surface area contributed by atoms with Crippen molar-refractivity contribution >= 4 is 11.6 Å². The summed E-state index contributed by atoms with van der Waals surface area (Å²) in [4.78, 5) is 12.2. The van der Waals surface area contributed by atoms with Crippen LogP contribution in [0.15, 0.2) is 42.5 Å². The highest BCUT2D eigenvalue weighted by Gasteiger charge is 2.12. The van der Waals surface area contributed by atoms with E-state index in [0.29, 0.717) is 5.56 Å². The van der Waals surface area contributed by atoms with Gasteiger partial charge in [-0.05, 0) is 37.1 Å². The van der Waals surface area contributed by atoms with Gasteiger partial charge in [-0.25, -0.2) is 0 Å². The average Bonchev–Trinajstić information content (AvgIpc) is 2.42. The van der Waals surface area contributed by atoms with Crippen LogP contribution in [0.2, 0.25) is 0 Å². The number of hydrogen-bond donors (Lipinski definition) is 2. The van der Waals surface area contributed by atoms with Crippen molar-refractivity contribution in [1.29, 1.82) is 0 Å². The number of phenolic OH excluding ortho intramolecular Hbond substituents is 1. The Balaban J connectivity index is 2.28. The lowest BCUT2D eigenvalue weighted by molar-refractivity contribution is 0.102. The van der Waals surface area contributed by atoms with Gasteiger partial charge in [0, 0.05) is 5.69 Å². The Bertz CT molecular complexity index is 605. The molecule has 0 saturated carbocycles. The number of amides is 1. The molecule has 0 fully saturated rings. The number of hydrogen-bond acceptors (Lipinski definition) is 2. The first kappa shape index (κ1) is 13.1. The van der Waals surface area contributed by atoms with Crippen LogP contribution in [0.1, 0.15) is 28.4 Å². The smallest absolute Gasteiger partial charge is 0.259 e. The number of rotatable bonds is 3. The van der Waals surface area contributed by atoms with Gasteiger partial charge in [-0.2, -0.15) is 0 Å². The second kappa shape index (κ2) is 5.57. The molecule has 19 heavy (non-hydrogen) atoms. The molecule has 0 heterocycles. The maximum absolute atomic E-state index is 12.2. The van der Waals surface area contributed by atoms with Crippen molar-refractivity contribution in [3.63, 3.8) is 0 Å². The standard InChI is InChI=1S/C16H17NO2/c1-3-12-6-4-5-7-14(12)17-16(19)13-10-11(2)8-9-15(13)18/h4-10,18H,3H2,1-2H3,(H,17,19). The minimum Gasteiger partial charge on any atom is -0.507 e. The summed E-state index contributed by atoms with van der Waals surface area (Å²) in [6, 6.07) is 12.7. The zero-order valence-corrected chi connectivity index (χ0v) is 11.1. The summed E-state index contributed by atoms with van der Waals surface area (Å²) in [5.41, 5.74) is 3.09. The molecular formula is C16H17NO2. The number of para-hydroxylation sites is 1. The normalized spacial score (nSPS) is 10.2. The van der Waals surface area contributed by atoms with E-state index in [-0.39, 0.29) is 11.7 Å². The molecule has 0 bridgehead atoms. The van der Waals surface area contributed by atoms with E-state index in [2.05, 4.69) is 5.32 Å². The first-order valence-corrected chi connectivity index (χ1v) is 6.30. The summed E-state index contributed by atoms with van der Waals surface area (Å²) >= 11 is 0. The molecule has 2 rings (SSSR count). The Kier molecular flexibility index (Phi) is 3.85. The third-order valence-electron chi connectivity index (χ3n) is 3.04. The number of aromatic hydroxyl groups is 1. The fourth-order valence-corrected chi connectivity index (χ4v) is 1.97. The van der Waals surface area contributed by atoms with Crippen molar-refractivity contribution in [3.8, 4) is 5.75 Å². The van der Waals surface area contributed by atoms with Gasteiger partial charge in [-0.3, -0.25) is 4.79 Å². The summed E-state index contributed by atoms with van der Waals surface area (Å²) in [5, 5.41) is 12.6. The highest BCUT2D eigenvalue weighted by molar-refractivity contribution is 6.06. The molecule has 98 valence electrons. The highest BCUT2D eigenvalue weighted by Crippen LogP contribution is 2.21. The minimum absolute atomic E-state index is 0.00270. The molecule has 0 saturated heterocycles. The van der Waals surface area contributed by atoms with Crippen molar-refractivity contribution < 1.29 is 9.90 Å². The molecule has 3 heteroatoms. The third kappa shape index (κ3) is 2.94. The quantitative estimate of drug-likeness (QED) is 0.881. The van der Waals surface area contributed by atoms with Crippen molar-refractivity contribution in [2.24, 2.45) is 0 Å². The van der Waals surface area contributed by atoms with Gasteiger partial charge in [0.05, 0.1) is 5.56 Å². The predicted molar refractivity (Wildman–Crippen MR) is 76.6 cm³/mol. The van der Waals surface area contributed by atoms with Crippen LogP contribution in [0.4, 0.5) is 5.69 Å². The fraction of sp³-hybridized carbons (Fsp3) is 0.188. The predicted octanol–water partition coefficient (Wildman–Crippen LogP) is 3.52. The number of aryl methyl sites for hydroxylation is 2. The Morgan fingerprint density at radius 3 is 2.68 bits per heavy atom. The molecule has 0 aliphatic rings. The van der Waals surface area contributed by atoms with Gasteiger partial charge in [0.1, 0.15) is 5.75 Å². The molecule has 0 radical (unpaired) electrons. The number of carbonyl (C=O) groups excluding carboxylic acids is 1. The van der Waals surface area contributed by atoms with E-state index in [1.54, 1.807) is 12.1 Å². The summed E-state index contributed by atoms with van der Waals surface area (Å²) in [5.74, 6) is -0.292. The van der Waals surface area contributed by atoms with Crippen molar-refractivity contribution in [1.82, 2.24) is 0 Å². The summed E-state index contributed by atoms with van der Waals surface area (Å²) in [7, 11) is 0. The van der Waals surface area contributed by atoms with Crippen molar-refractivity contribution in [2.45, 2.75) is 20.3 Å². The number of anilines is 1. The van der Waals surface area contributed by atoms with Crippen LogP contribution in [0.25, 0.3) is 0 Å². The molecular weight excluding hydrogens is 238 g/mol. The summed E-state index contributed by atoms with van der Waals surface area (Å²) < 4.78 is 0. The van der Waals surface area contributed by atoms with Gasteiger partial charge in [0.25, 0.3) is 5.91 Å². The number of carbonyl (C=O) groups is 1. The first-order chi connectivity index (χ1) is 9.11. The van der Waals surface area contributed by atoms with Gasteiger partial charge in [-0.1, -0.05) is 36.8 Å². The SMILES string of the molecule is CCc1ccccc1NC(=O)c1cc(C)ccc1O. The molecule has 0 aromatic heterocycles. The zero-order chi connectivity index (χ0) is 13.8. The van der Waals surface area contributed by atoms with Gasteiger partial charge in [0.15, 0.2) is 0 Å². The molecule has 0 unspecified atom stereocenters. The van der Waals surface area contributed by atoms with E-state index in [4.69, 9.17) is 0 Å². The van der Waals surface area contributed by atoms with Crippen LogP contribution >= 0.6 is 0 Å². The lowest BCUT2D eigenvalue weighted by atomic mass is 10.1. The maximum atomic E-state index is 12.2. The second-order valence-corrected chi connectivity index (χ2v) is 4.49. The van der Waals surface area contributed by atoms with E-state index >= 15 is 0 Å². The minimum atomic E-state index is -0.290. The molecule has 2 N–H and O–H groups in total. The number of benzene rings is 2. The Labute approximate surface area is 112 Å². The Morgan fingerprint density at radius 1 is 1.21 bits per heavy atom. The number of phenols is 1. The van der Waals surface area contributed by atoms with E-state index in [9.17, 15) is 9.90 Å². The van der Waals surface area contributed by atoms with Gasteiger partial charge in [-0.15, -0.1) is 0 Å². The second-order valence-electron chi connectivity index (χ2n) is 4.49. The molecule has 0 atom stereocenters. The molecule has 2 aromatic carbocycles. The fourth-order valence-electron chi connectivity index (χ4n) is 1.97. The molecule has 0 aliphatic carbocycles. The number of nitrogens with one attached hydrogen (secondary N) is 1. The lowest BCUT2D eigenvalue weighted by Gasteiger charge is -2.11. The van der Waals surface area contributed by atoms with Crippen LogP contribution in [0.3, 0.4) is 0 Å². The van der Waals surface area contributed by atoms with Gasteiger partial charge >= 0.3 is 0 Å². The molecule has 2 aromatic rings. The van der Waals surface area contributed by atoms with E-state index < -0.39 is 0 Å². The van der Waals surface area contributed by atoms with Crippen LogP contribution in [-0.2, 0) is 6.42 Å². The first-order valence-electron chi connectivity index (χ1n) is 6.30. The van der Waals surface area contributed by atoms with E-state index in [1.165, 1.54) is 6.07 Å². The van der Waals surface area contributed by atoms with Gasteiger partial charge in [0.2, 0.25) is 0 Å². The van der Waals surface area contributed by atoms with Crippen LogP contribution in [-0.4, -0.2) is 11.0 Å². The monoisotopic (exact) mass is 255 g/mol. The average molecular weight is 255 g/mol. The van der Waals surface area contributed by atoms with E-state index in [1.807, 2.05) is 38.1 Å². The van der Waals surface area contributed by atoms with Crippen molar-refractivity contribution in [3.05, 3.63) is 59.2 Å².